The molecule has 0 radical (unpaired) electrons. The molecular weight excluding hydrogens is 260 g/mol. The minimum Gasteiger partial charge on any atom is -0.371 e. The minimum atomic E-state index is -0.255. The first-order valence-electron chi connectivity index (χ1n) is 6.88. The average molecular weight is 284 g/mol. The Balaban J connectivity index is 2.44. The van der Waals surface area contributed by atoms with Gasteiger partial charge in [-0.25, -0.2) is 4.79 Å². The van der Waals surface area contributed by atoms with Gasteiger partial charge in [0.25, 0.3) is 0 Å². The van der Waals surface area contributed by atoms with Crippen LogP contribution in [0.25, 0.3) is 0 Å². The van der Waals surface area contributed by atoms with E-state index in [1.54, 1.807) is 0 Å². The van der Waals surface area contributed by atoms with Crippen molar-refractivity contribution in [2.45, 2.75) is 59.2 Å². The lowest BCUT2D eigenvalue weighted by atomic mass is 10.0. The molecule has 1 aromatic rings. The summed E-state index contributed by atoms with van der Waals surface area (Å²) >= 11 is 0. The van der Waals surface area contributed by atoms with E-state index in [0.29, 0.717) is 18.3 Å². The van der Waals surface area contributed by atoms with Crippen molar-refractivity contribution in [2.75, 3.05) is 6.61 Å². The lowest BCUT2D eigenvalue weighted by molar-refractivity contribution is 0.0683. The Kier molecular flexibility index (Phi) is 5.94. The molecule has 0 saturated carbocycles. The number of carbonyl (C=O) groups is 1. The highest BCUT2D eigenvalue weighted by molar-refractivity contribution is 5.74. The second-order valence-electron chi connectivity index (χ2n) is 5.19. The summed E-state index contributed by atoms with van der Waals surface area (Å²) in [7, 11) is 0. The van der Waals surface area contributed by atoms with Gasteiger partial charge in [0, 0.05) is 12.1 Å². The predicted octanol–water partition coefficient (Wildman–Crippen LogP) is 2.15. The largest absolute Gasteiger partial charge is 0.371 e. The Morgan fingerprint density at radius 1 is 1.45 bits per heavy atom. The second kappa shape index (κ2) is 7.23. The van der Waals surface area contributed by atoms with E-state index >= 15 is 0 Å². The van der Waals surface area contributed by atoms with Crippen molar-refractivity contribution in [3.63, 3.8) is 0 Å². The number of hydrogen-bond acceptors (Lipinski definition) is 5. The molecule has 114 valence electrons. The number of aromatic nitrogens is 2. The topological polar surface area (TPSA) is 89.3 Å². The maximum Gasteiger partial charge on any atom is 0.315 e. The zero-order valence-electron chi connectivity index (χ0n) is 12.8. The van der Waals surface area contributed by atoms with Gasteiger partial charge in [0.2, 0.25) is 5.89 Å². The third-order valence-corrected chi connectivity index (χ3v) is 3.00. The molecule has 7 nitrogen and oxygen atoms in total. The Hall–Kier alpha value is -1.63. The van der Waals surface area contributed by atoms with Gasteiger partial charge in [-0.15, -0.1) is 0 Å². The van der Waals surface area contributed by atoms with E-state index in [1.807, 2.05) is 34.6 Å². The maximum atomic E-state index is 11.7. The molecular formula is C13H24N4O3. The fraction of sp³-hybridized carbons (Fsp3) is 0.769. The lowest BCUT2D eigenvalue weighted by Crippen LogP contribution is -2.47. The lowest BCUT2D eigenvalue weighted by Gasteiger charge is -2.24. The average Bonchev–Trinajstić information content (AvgIpc) is 2.85. The van der Waals surface area contributed by atoms with Crippen LogP contribution in [0.15, 0.2) is 4.52 Å². The van der Waals surface area contributed by atoms with Gasteiger partial charge in [-0.1, -0.05) is 12.1 Å². The van der Waals surface area contributed by atoms with Gasteiger partial charge in [0.1, 0.15) is 6.10 Å². The molecule has 0 aliphatic heterocycles. The summed E-state index contributed by atoms with van der Waals surface area (Å²) in [6, 6.07) is -0.255. The van der Waals surface area contributed by atoms with E-state index in [9.17, 15) is 4.79 Å². The third-order valence-electron chi connectivity index (χ3n) is 3.00. The highest BCUT2D eigenvalue weighted by Crippen LogP contribution is 2.12. The van der Waals surface area contributed by atoms with Gasteiger partial charge in [0.05, 0.1) is 6.54 Å². The Morgan fingerprint density at radius 2 is 2.15 bits per heavy atom. The second-order valence-corrected chi connectivity index (χ2v) is 5.19. The molecule has 2 N–H and O–H groups in total. The van der Waals surface area contributed by atoms with Crippen molar-refractivity contribution < 1.29 is 14.1 Å². The summed E-state index contributed by atoms with van der Waals surface area (Å²) in [5.74, 6) is 0.842. The number of hydrogen-bond donors (Lipinski definition) is 2. The van der Waals surface area contributed by atoms with Crippen molar-refractivity contribution in [1.29, 1.82) is 0 Å². The van der Waals surface area contributed by atoms with Gasteiger partial charge in [-0.2, -0.15) is 4.98 Å². The van der Waals surface area contributed by atoms with Crippen molar-refractivity contribution >= 4 is 6.03 Å². The van der Waals surface area contributed by atoms with Gasteiger partial charge in [-0.3, -0.25) is 0 Å². The van der Waals surface area contributed by atoms with Crippen LogP contribution in [-0.2, 0) is 11.3 Å². The summed E-state index contributed by atoms with van der Waals surface area (Å²) in [5, 5.41) is 9.37. The molecule has 2 amide bonds. The summed E-state index contributed by atoms with van der Waals surface area (Å²) in [6.45, 7) is 10.5. The molecule has 20 heavy (non-hydrogen) atoms. The van der Waals surface area contributed by atoms with Crippen LogP contribution in [0, 0.1) is 0 Å². The van der Waals surface area contributed by atoms with E-state index in [4.69, 9.17) is 9.26 Å². The Morgan fingerprint density at radius 3 is 2.75 bits per heavy atom. The molecule has 1 rings (SSSR count). The van der Waals surface area contributed by atoms with Crippen LogP contribution in [0.5, 0.6) is 0 Å². The summed E-state index contributed by atoms with van der Waals surface area (Å²) < 4.78 is 10.4. The highest BCUT2D eigenvalue weighted by atomic mass is 16.5. The predicted molar refractivity (Wildman–Crippen MR) is 74.1 cm³/mol. The van der Waals surface area contributed by atoms with Crippen LogP contribution >= 0.6 is 0 Å². The molecule has 0 aliphatic rings. The molecule has 0 saturated heterocycles. The zero-order chi connectivity index (χ0) is 15.2. The maximum absolute atomic E-state index is 11.7. The van der Waals surface area contributed by atoms with Crippen molar-refractivity contribution in [3.8, 4) is 0 Å². The van der Waals surface area contributed by atoms with E-state index in [1.165, 1.54) is 0 Å². The van der Waals surface area contributed by atoms with Gasteiger partial charge >= 0.3 is 6.03 Å². The van der Waals surface area contributed by atoms with Crippen LogP contribution < -0.4 is 10.6 Å². The number of urea groups is 1. The number of nitrogens with zero attached hydrogens (tertiary/aromatic N) is 2. The van der Waals surface area contributed by atoms with Crippen molar-refractivity contribution in [3.05, 3.63) is 11.7 Å². The minimum absolute atomic E-state index is 0.192. The molecule has 1 heterocycles. The first-order chi connectivity index (χ1) is 9.38. The van der Waals surface area contributed by atoms with Crippen molar-refractivity contribution in [2.24, 2.45) is 0 Å². The first kappa shape index (κ1) is 16.4. The van der Waals surface area contributed by atoms with Gasteiger partial charge < -0.3 is 19.9 Å². The Labute approximate surface area is 119 Å². The molecule has 1 aromatic heterocycles. The highest BCUT2D eigenvalue weighted by Gasteiger charge is 2.18. The molecule has 7 heteroatoms. The fourth-order valence-electron chi connectivity index (χ4n) is 1.43. The number of rotatable bonds is 7. The summed E-state index contributed by atoms with van der Waals surface area (Å²) in [6.07, 6.45) is 0.627. The smallest absolute Gasteiger partial charge is 0.315 e. The van der Waals surface area contributed by atoms with Crippen LogP contribution in [-0.4, -0.2) is 28.3 Å². The molecule has 0 aromatic carbocycles. The van der Waals surface area contributed by atoms with Crippen LogP contribution in [0.2, 0.25) is 0 Å². The summed E-state index contributed by atoms with van der Waals surface area (Å²) in [4.78, 5) is 15.9. The quantitative estimate of drug-likeness (QED) is 0.800. The zero-order valence-corrected chi connectivity index (χ0v) is 12.8. The van der Waals surface area contributed by atoms with Gasteiger partial charge in [0.15, 0.2) is 5.82 Å². The third kappa shape index (κ3) is 5.16. The molecule has 0 bridgehead atoms. The van der Waals surface area contributed by atoms with E-state index < -0.39 is 0 Å². The fourth-order valence-corrected chi connectivity index (χ4v) is 1.43. The number of nitrogens with one attached hydrogen (secondary N) is 2. The standard InChI is InChI=1S/C13H24N4O3/c1-6-13(4,5)16-12(18)14-8-10-15-11(17-20-10)9(3)19-7-2/h9H,6-8H2,1-5H3,(H2,14,16,18). The van der Waals surface area contributed by atoms with E-state index in [2.05, 4.69) is 20.8 Å². The first-order valence-corrected chi connectivity index (χ1v) is 6.88. The monoisotopic (exact) mass is 284 g/mol. The van der Waals surface area contributed by atoms with E-state index in [0.717, 1.165) is 6.42 Å². The molecule has 1 unspecified atom stereocenters. The number of amides is 2. The van der Waals surface area contributed by atoms with E-state index in [-0.39, 0.29) is 24.2 Å². The molecule has 0 aliphatic carbocycles. The number of carbonyl (C=O) groups excluding carboxylic acids is 1. The summed E-state index contributed by atoms with van der Waals surface area (Å²) in [5.41, 5.74) is -0.242. The molecule has 1 atom stereocenters. The SMILES string of the molecule is CCOC(C)c1noc(CNC(=O)NC(C)(C)CC)n1. The van der Waals surface area contributed by atoms with Crippen molar-refractivity contribution in [1.82, 2.24) is 20.8 Å². The van der Waals surface area contributed by atoms with Crippen LogP contribution in [0.1, 0.15) is 58.9 Å². The molecule has 0 spiro atoms. The van der Waals surface area contributed by atoms with Crippen LogP contribution in [0.3, 0.4) is 0 Å². The number of ether oxygens (including phenoxy) is 1. The van der Waals surface area contributed by atoms with Gasteiger partial charge in [-0.05, 0) is 34.1 Å². The normalized spacial score (nSPS) is 13.1. The Bertz CT molecular complexity index is 431. The molecule has 0 fully saturated rings. The van der Waals surface area contributed by atoms with Crippen LogP contribution in [0.4, 0.5) is 4.79 Å².